The van der Waals surface area contributed by atoms with Crippen molar-refractivity contribution in [2.24, 2.45) is 4.99 Å². The third-order valence-corrected chi connectivity index (χ3v) is 4.56. The van der Waals surface area contributed by atoms with Crippen LogP contribution in [0.2, 0.25) is 0 Å². The van der Waals surface area contributed by atoms with Crippen LogP contribution in [0.5, 0.6) is 0 Å². The number of piperidine rings is 1. The van der Waals surface area contributed by atoms with Crippen LogP contribution in [0.1, 0.15) is 50.0 Å². The van der Waals surface area contributed by atoms with E-state index in [0.29, 0.717) is 12.4 Å². The number of rotatable bonds is 6. The predicted molar refractivity (Wildman–Crippen MR) is 93.7 cm³/mol. The third kappa shape index (κ3) is 5.53. The van der Waals surface area contributed by atoms with E-state index in [1.165, 1.54) is 25.8 Å². The number of guanidine groups is 1. The van der Waals surface area contributed by atoms with Crippen LogP contribution in [0, 0.1) is 13.8 Å². The summed E-state index contributed by atoms with van der Waals surface area (Å²) in [4.78, 5) is 11.2. The van der Waals surface area contributed by atoms with Crippen molar-refractivity contribution in [2.75, 3.05) is 26.7 Å². The Balaban J connectivity index is 1.65. The molecule has 2 heterocycles. The van der Waals surface area contributed by atoms with Gasteiger partial charge in [-0.05, 0) is 46.6 Å². The van der Waals surface area contributed by atoms with Crippen molar-refractivity contribution >= 4 is 5.96 Å². The molecule has 23 heavy (non-hydrogen) atoms. The van der Waals surface area contributed by atoms with Gasteiger partial charge in [0.25, 0.3) is 0 Å². The van der Waals surface area contributed by atoms with Crippen LogP contribution in [-0.4, -0.2) is 48.6 Å². The number of aliphatic imine (C=N–C) groups is 1. The van der Waals surface area contributed by atoms with E-state index in [9.17, 15) is 0 Å². The zero-order valence-electron chi connectivity index (χ0n) is 15.0. The largest absolute Gasteiger partial charge is 0.444 e. The van der Waals surface area contributed by atoms with E-state index >= 15 is 0 Å². The smallest absolute Gasteiger partial charge is 0.214 e. The van der Waals surface area contributed by atoms with Gasteiger partial charge in [0.05, 0.1) is 12.2 Å². The topological polar surface area (TPSA) is 65.7 Å². The van der Waals surface area contributed by atoms with Gasteiger partial charge in [-0.15, -0.1) is 0 Å². The fourth-order valence-electron chi connectivity index (χ4n) is 2.97. The molecule has 1 atom stereocenters. The minimum Gasteiger partial charge on any atom is -0.444 e. The molecule has 0 aromatic carbocycles. The lowest BCUT2D eigenvalue weighted by Gasteiger charge is -2.33. The van der Waals surface area contributed by atoms with Gasteiger partial charge in [0.15, 0.2) is 5.96 Å². The molecule has 0 amide bonds. The Morgan fingerprint density at radius 1 is 1.35 bits per heavy atom. The first-order chi connectivity index (χ1) is 11.1. The molecule has 1 aliphatic heterocycles. The second-order valence-electron chi connectivity index (χ2n) is 6.34. The number of nitrogens with one attached hydrogen (secondary N) is 2. The zero-order chi connectivity index (χ0) is 16.7. The zero-order valence-corrected chi connectivity index (χ0v) is 15.0. The van der Waals surface area contributed by atoms with Crippen LogP contribution < -0.4 is 10.6 Å². The van der Waals surface area contributed by atoms with Crippen molar-refractivity contribution in [1.29, 1.82) is 0 Å². The summed E-state index contributed by atoms with van der Waals surface area (Å²) in [6, 6.07) is 0.734. The average Bonchev–Trinajstić information content (AvgIpc) is 2.86. The quantitative estimate of drug-likeness (QED) is 0.478. The molecule has 1 fully saturated rings. The first-order valence-electron chi connectivity index (χ1n) is 8.71. The molecule has 0 saturated carbocycles. The lowest BCUT2D eigenvalue weighted by atomic mass is 10.0. The number of nitrogens with zero attached hydrogens (tertiary/aromatic N) is 3. The summed E-state index contributed by atoms with van der Waals surface area (Å²) in [5.41, 5.74) is 0.945. The minimum atomic E-state index is 0.553. The number of oxazole rings is 1. The summed E-state index contributed by atoms with van der Waals surface area (Å²) >= 11 is 0. The summed E-state index contributed by atoms with van der Waals surface area (Å²) < 4.78 is 5.56. The van der Waals surface area contributed by atoms with E-state index in [-0.39, 0.29) is 0 Å². The van der Waals surface area contributed by atoms with Crippen molar-refractivity contribution < 1.29 is 4.42 Å². The molecular formula is C17H31N5O. The highest BCUT2D eigenvalue weighted by molar-refractivity contribution is 5.79. The number of aromatic nitrogens is 1. The SMILES string of the molecule is CN=C(NCCCN1CCCCC1C)NCc1nc(C)c(C)o1. The summed E-state index contributed by atoms with van der Waals surface area (Å²) in [6.07, 6.45) is 5.19. The third-order valence-electron chi connectivity index (χ3n) is 4.56. The van der Waals surface area contributed by atoms with E-state index in [2.05, 4.69) is 32.4 Å². The number of likely N-dealkylation sites (tertiary alicyclic amines) is 1. The molecule has 1 saturated heterocycles. The molecule has 6 nitrogen and oxygen atoms in total. The molecule has 6 heteroatoms. The van der Waals surface area contributed by atoms with Gasteiger partial charge in [-0.1, -0.05) is 6.42 Å². The Morgan fingerprint density at radius 2 is 2.17 bits per heavy atom. The highest BCUT2D eigenvalue weighted by Gasteiger charge is 2.17. The number of hydrogen-bond acceptors (Lipinski definition) is 4. The maximum Gasteiger partial charge on any atom is 0.214 e. The Hall–Kier alpha value is -1.56. The summed E-state index contributed by atoms with van der Waals surface area (Å²) in [5.74, 6) is 2.37. The Morgan fingerprint density at radius 3 is 2.83 bits per heavy atom. The molecule has 0 spiro atoms. The van der Waals surface area contributed by atoms with Crippen LogP contribution >= 0.6 is 0 Å². The lowest BCUT2D eigenvalue weighted by Crippen LogP contribution is -2.41. The van der Waals surface area contributed by atoms with Gasteiger partial charge in [0.1, 0.15) is 5.76 Å². The molecule has 0 bridgehead atoms. The van der Waals surface area contributed by atoms with Crippen molar-refractivity contribution in [2.45, 2.75) is 59.0 Å². The molecular weight excluding hydrogens is 290 g/mol. The first kappa shape index (κ1) is 17.8. The maximum atomic E-state index is 5.56. The van der Waals surface area contributed by atoms with Crippen molar-refractivity contribution in [1.82, 2.24) is 20.5 Å². The number of aryl methyl sites for hydroxylation is 2. The molecule has 130 valence electrons. The minimum absolute atomic E-state index is 0.553. The predicted octanol–water partition coefficient (Wildman–Crippen LogP) is 2.22. The van der Waals surface area contributed by atoms with E-state index in [1.54, 1.807) is 7.05 Å². The molecule has 1 aromatic rings. The van der Waals surface area contributed by atoms with Crippen molar-refractivity contribution in [3.05, 3.63) is 17.3 Å². The molecule has 0 radical (unpaired) electrons. The van der Waals surface area contributed by atoms with E-state index in [0.717, 1.165) is 43.0 Å². The van der Waals surface area contributed by atoms with Gasteiger partial charge in [0.2, 0.25) is 5.89 Å². The van der Waals surface area contributed by atoms with Gasteiger partial charge in [-0.3, -0.25) is 4.99 Å². The molecule has 0 aliphatic carbocycles. The second kappa shape index (κ2) is 8.91. The molecule has 2 rings (SSSR count). The van der Waals surface area contributed by atoms with Crippen LogP contribution in [0.3, 0.4) is 0 Å². The van der Waals surface area contributed by atoms with Crippen molar-refractivity contribution in [3.63, 3.8) is 0 Å². The lowest BCUT2D eigenvalue weighted by molar-refractivity contribution is 0.159. The fourth-order valence-corrected chi connectivity index (χ4v) is 2.97. The van der Waals surface area contributed by atoms with Gasteiger partial charge in [-0.2, -0.15) is 0 Å². The van der Waals surface area contributed by atoms with E-state index in [4.69, 9.17) is 4.42 Å². The summed E-state index contributed by atoms with van der Waals surface area (Å²) in [6.45, 7) is 10.1. The molecule has 1 aromatic heterocycles. The summed E-state index contributed by atoms with van der Waals surface area (Å²) in [7, 11) is 1.79. The molecule has 1 aliphatic rings. The second-order valence-corrected chi connectivity index (χ2v) is 6.34. The Kier molecular flexibility index (Phi) is 6.89. The average molecular weight is 321 g/mol. The van der Waals surface area contributed by atoms with E-state index in [1.807, 2.05) is 13.8 Å². The standard InChI is InChI=1S/C17H31N5O/c1-13-8-5-6-10-22(13)11-7-9-19-17(18-4)20-12-16-21-14(2)15(3)23-16/h13H,5-12H2,1-4H3,(H2,18,19,20). The number of hydrogen-bond donors (Lipinski definition) is 2. The van der Waals surface area contributed by atoms with Gasteiger partial charge < -0.3 is 20.0 Å². The van der Waals surface area contributed by atoms with Crippen LogP contribution in [-0.2, 0) is 6.54 Å². The highest BCUT2D eigenvalue weighted by Crippen LogP contribution is 2.16. The van der Waals surface area contributed by atoms with E-state index < -0.39 is 0 Å². The normalized spacial score (nSPS) is 19.8. The summed E-state index contributed by atoms with van der Waals surface area (Å²) in [5, 5.41) is 6.60. The van der Waals surface area contributed by atoms with Crippen LogP contribution in [0.25, 0.3) is 0 Å². The Bertz CT molecular complexity index is 492. The fraction of sp³-hybridized carbons (Fsp3) is 0.765. The maximum absolute atomic E-state index is 5.56. The van der Waals surface area contributed by atoms with Crippen molar-refractivity contribution in [3.8, 4) is 0 Å². The van der Waals surface area contributed by atoms with Crippen LogP contribution in [0.15, 0.2) is 9.41 Å². The molecule has 1 unspecified atom stereocenters. The molecule has 2 N–H and O–H groups in total. The highest BCUT2D eigenvalue weighted by atomic mass is 16.4. The van der Waals surface area contributed by atoms with Gasteiger partial charge in [0, 0.05) is 26.2 Å². The first-order valence-corrected chi connectivity index (χ1v) is 8.71. The Labute approximate surface area is 139 Å². The monoisotopic (exact) mass is 321 g/mol. The van der Waals surface area contributed by atoms with Crippen LogP contribution in [0.4, 0.5) is 0 Å². The van der Waals surface area contributed by atoms with Gasteiger partial charge in [-0.25, -0.2) is 4.98 Å². The van der Waals surface area contributed by atoms with Gasteiger partial charge >= 0.3 is 0 Å².